The molecule has 13 heteroatoms. The standard InChI is InChI=1S/C25H32N4O8S/c1-15-11-29(16(2)13-30)24(31)18-6-5-7-19(23(18)37-22(15)12-28(3)38(4,33)34)27-25(32)26-17-8-9-20-21(10-17)36-14-35-20/h5-10,15-16,22,30H,11-14H2,1-4H3,(H2,26,27,32)/t15-,16-,22+/m1/s1. The number of fused-ring (bicyclic) bond motifs is 2. The van der Waals surface area contributed by atoms with Gasteiger partial charge in [0.1, 0.15) is 6.10 Å². The quantitative estimate of drug-likeness (QED) is 0.477. The smallest absolute Gasteiger partial charge is 0.323 e. The van der Waals surface area contributed by atoms with Crippen molar-refractivity contribution in [3.63, 3.8) is 0 Å². The lowest BCUT2D eigenvalue weighted by Gasteiger charge is -2.38. The summed E-state index contributed by atoms with van der Waals surface area (Å²) in [5.74, 6) is 0.524. The number of nitrogens with one attached hydrogen (secondary N) is 2. The van der Waals surface area contributed by atoms with Crippen molar-refractivity contribution in [3.8, 4) is 17.2 Å². The number of aliphatic hydroxyl groups is 1. The maximum atomic E-state index is 13.5. The summed E-state index contributed by atoms with van der Waals surface area (Å²) < 4.78 is 42.4. The molecule has 2 aliphatic heterocycles. The van der Waals surface area contributed by atoms with Gasteiger partial charge in [-0.05, 0) is 31.2 Å². The molecule has 3 N–H and O–H groups in total. The first-order chi connectivity index (χ1) is 18.0. The van der Waals surface area contributed by atoms with Crippen molar-refractivity contribution in [1.82, 2.24) is 9.21 Å². The number of benzene rings is 2. The van der Waals surface area contributed by atoms with Crippen LogP contribution >= 0.6 is 0 Å². The molecule has 0 saturated carbocycles. The number of hydrogen-bond acceptors (Lipinski definition) is 8. The van der Waals surface area contributed by atoms with Crippen LogP contribution in [0.3, 0.4) is 0 Å². The minimum Gasteiger partial charge on any atom is -0.486 e. The van der Waals surface area contributed by atoms with Crippen LogP contribution in [0.15, 0.2) is 36.4 Å². The molecular weight excluding hydrogens is 516 g/mol. The number of urea groups is 1. The third-order valence-corrected chi connectivity index (χ3v) is 7.85. The highest BCUT2D eigenvalue weighted by atomic mass is 32.2. The second-order valence-corrected chi connectivity index (χ2v) is 11.6. The predicted octanol–water partition coefficient (Wildman–Crippen LogP) is 2.17. The van der Waals surface area contributed by atoms with Crippen LogP contribution < -0.4 is 24.8 Å². The van der Waals surface area contributed by atoms with E-state index in [1.54, 1.807) is 43.3 Å². The lowest BCUT2D eigenvalue weighted by molar-refractivity contribution is 0.0389. The Balaban J connectivity index is 1.65. The summed E-state index contributed by atoms with van der Waals surface area (Å²) in [6, 6.07) is 8.67. The van der Waals surface area contributed by atoms with Crippen molar-refractivity contribution in [3.05, 3.63) is 42.0 Å². The number of nitrogens with zero attached hydrogens (tertiary/aromatic N) is 2. The number of sulfonamides is 1. The molecule has 0 bridgehead atoms. The number of anilines is 2. The van der Waals surface area contributed by atoms with Crippen molar-refractivity contribution >= 4 is 33.3 Å². The largest absolute Gasteiger partial charge is 0.486 e. The van der Waals surface area contributed by atoms with E-state index >= 15 is 0 Å². The second kappa shape index (κ2) is 11.1. The summed E-state index contributed by atoms with van der Waals surface area (Å²) in [4.78, 5) is 28.0. The van der Waals surface area contributed by atoms with Gasteiger partial charge in [-0.2, -0.15) is 0 Å². The Morgan fingerprint density at radius 2 is 1.95 bits per heavy atom. The van der Waals surface area contributed by atoms with Gasteiger partial charge in [0.2, 0.25) is 16.8 Å². The molecule has 0 aliphatic carbocycles. The molecule has 0 aromatic heterocycles. The SMILES string of the molecule is C[C@@H]1CN([C@H](C)CO)C(=O)c2cccc(NC(=O)Nc3ccc4c(c3)OCO4)c2O[C@H]1CN(C)S(C)(=O)=O. The molecule has 2 aliphatic rings. The molecule has 2 heterocycles. The van der Waals surface area contributed by atoms with Crippen molar-refractivity contribution in [2.24, 2.45) is 5.92 Å². The Kier molecular flexibility index (Phi) is 7.99. The molecule has 0 saturated heterocycles. The van der Waals surface area contributed by atoms with Gasteiger partial charge in [0.05, 0.1) is 36.7 Å². The zero-order valence-electron chi connectivity index (χ0n) is 21.6. The zero-order chi connectivity index (χ0) is 27.6. The number of rotatable bonds is 7. The van der Waals surface area contributed by atoms with Gasteiger partial charge in [-0.3, -0.25) is 4.79 Å². The van der Waals surface area contributed by atoms with Crippen molar-refractivity contribution in [1.29, 1.82) is 0 Å². The number of ether oxygens (including phenoxy) is 3. The zero-order valence-corrected chi connectivity index (χ0v) is 22.4. The van der Waals surface area contributed by atoms with Crippen molar-refractivity contribution < 1.29 is 37.3 Å². The van der Waals surface area contributed by atoms with Crippen LogP contribution in [-0.4, -0.2) is 86.6 Å². The summed E-state index contributed by atoms with van der Waals surface area (Å²) in [5.41, 5.74) is 0.878. The summed E-state index contributed by atoms with van der Waals surface area (Å²) in [7, 11) is -2.05. The first-order valence-electron chi connectivity index (χ1n) is 12.1. The average Bonchev–Trinajstić information content (AvgIpc) is 3.33. The molecule has 0 spiro atoms. The van der Waals surface area contributed by atoms with E-state index in [9.17, 15) is 23.1 Å². The van der Waals surface area contributed by atoms with Crippen molar-refractivity contribution in [2.75, 3.05) is 50.4 Å². The van der Waals surface area contributed by atoms with Crippen molar-refractivity contribution in [2.45, 2.75) is 26.0 Å². The third-order valence-electron chi connectivity index (χ3n) is 6.57. The Morgan fingerprint density at radius 3 is 2.66 bits per heavy atom. The molecule has 38 heavy (non-hydrogen) atoms. The van der Waals surface area contributed by atoms with Crippen LogP contribution in [0.25, 0.3) is 0 Å². The van der Waals surface area contributed by atoms with Crippen LogP contribution in [0.4, 0.5) is 16.2 Å². The lowest BCUT2D eigenvalue weighted by Crippen LogP contribution is -2.50. The molecular formula is C25H32N4O8S. The molecule has 12 nitrogen and oxygen atoms in total. The molecule has 2 aromatic rings. The lowest BCUT2D eigenvalue weighted by atomic mass is 9.99. The predicted molar refractivity (Wildman–Crippen MR) is 140 cm³/mol. The van der Waals surface area contributed by atoms with Crippen LogP contribution in [0, 0.1) is 5.92 Å². The minimum absolute atomic E-state index is 0.0205. The van der Waals surface area contributed by atoms with Crippen LogP contribution in [0.2, 0.25) is 0 Å². The topological polar surface area (TPSA) is 147 Å². The van der Waals surface area contributed by atoms with Crippen LogP contribution in [-0.2, 0) is 10.0 Å². The summed E-state index contributed by atoms with van der Waals surface area (Å²) in [5, 5.41) is 15.2. The fraction of sp³-hybridized carbons (Fsp3) is 0.440. The van der Waals surface area contributed by atoms with Gasteiger partial charge in [0.25, 0.3) is 5.91 Å². The Morgan fingerprint density at radius 1 is 1.21 bits per heavy atom. The fourth-order valence-corrected chi connectivity index (χ4v) is 4.63. The average molecular weight is 549 g/mol. The molecule has 0 fully saturated rings. The fourth-order valence-electron chi connectivity index (χ4n) is 4.21. The van der Waals surface area contributed by atoms with Gasteiger partial charge in [-0.1, -0.05) is 13.0 Å². The monoisotopic (exact) mass is 548 g/mol. The van der Waals surface area contributed by atoms with E-state index < -0.39 is 28.2 Å². The third kappa shape index (κ3) is 5.95. The molecule has 2 aromatic carbocycles. The molecule has 0 radical (unpaired) electrons. The molecule has 206 valence electrons. The number of hydrogen-bond donors (Lipinski definition) is 3. The molecule has 4 rings (SSSR count). The van der Waals surface area contributed by atoms with E-state index in [0.717, 1.165) is 6.26 Å². The maximum absolute atomic E-state index is 13.5. The summed E-state index contributed by atoms with van der Waals surface area (Å²) in [6.07, 6.45) is 0.445. The van der Waals surface area contributed by atoms with Gasteiger partial charge >= 0.3 is 6.03 Å². The Bertz CT molecular complexity index is 1320. The van der Waals surface area contributed by atoms with Gasteiger partial charge in [-0.15, -0.1) is 0 Å². The maximum Gasteiger partial charge on any atom is 0.323 e. The van der Waals surface area contributed by atoms with Crippen LogP contribution in [0.1, 0.15) is 24.2 Å². The van der Waals surface area contributed by atoms with Gasteiger partial charge < -0.3 is 34.9 Å². The first kappa shape index (κ1) is 27.5. The summed E-state index contributed by atoms with van der Waals surface area (Å²) >= 11 is 0. The highest BCUT2D eigenvalue weighted by Gasteiger charge is 2.35. The normalized spacial score (nSPS) is 19.7. The van der Waals surface area contributed by atoms with E-state index in [0.29, 0.717) is 17.2 Å². The highest BCUT2D eigenvalue weighted by molar-refractivity contribution is 7.88. The molecule has 3 atom stereocenters. The number of amides is 3. The van der Waals surface area contributed by atoms with Crippen LogP contribution in [0.5, 0.6) is 17.2 Å². The van der Waals surface area contributed by atoms with Gasteiger partial charge in [-0.25, -0.2) is 17.5 Å². The Labute approximate surface area is 221 Å². The number of carbonyl (C=O) groups is 2. The number of carbonyl (C=O) groups excluding carboxylic acids is 2. The van der Waals surface area contributed by atoms with E-state index in [1.165, 1.54) is 16.3 Å². The van der Waals surface area contributed by atoms with E-state index in [2.05, 4.69) is 10.6 Å². The van der Waals surface area contributed by atoms with E-state index in [4.69, 9.17) is 14.2 Å². The second-order valence-electron chi connectivity index (χ2n) is 9.50. The number of aliphatic hydroxyl groups excluding tert-OH is 1. The molecule has 0 unspecified atom stereocenters. The number of likely N-dealkylation sites (N-methyl/N-ethyl adjacent to an activating group) is 1. The Hall–Kier alpha value is -3.55. The first-order valence-corrected chi connectivity index (χ1v) is 13.9. The number of para-hydroxylation sites is 1. The molecule has 3 amide bonds. The minimum atomic E-state index is -3.50. The highest BCUT2D eigenvalue weighted by Crippen LogP contribution is 2.36. The van der Waals surface area contributed by atoms with E-state index in [1.807, 2.05) is 6.92 Å². The van der Waals surface area contributed by atoms with Gasteiger partial charge in [0.15, 0.2) is 17.2 Å². The van der Waals surface area contributed by atoms with Gasteiger partial charge in [0, 0.05) is 31.3 Å². The van der Waals surface area contributed by atoms with E-state index in [-0.39, 0.29) is 55.3 Å². The summed E-state index contributed by atoms with van der Waals surface area (Å²) in [6.45, 7) is 3.69.